The molecule has 0 N–H and O–H groups in total. The van der Waals surface area contributed by atoms with E-state index in [1.807, 2.05) is 25.1 Å². The standard InChI is InChI=1S/C20H33N3O2/c1-5-19-16-22(10-11-23(19)12-13-25-6-2)15-17-8-7-9-18(14-17)20(24)21(3)4/h7-9,14,19H,5-6,10-13,15-16H2,1-4H3/t19-/m1/s1. The maximum atomic E-state index is 12.1. The molecule has 1 saturated heterocycles. The van der Waals surface area contributed by atoms with Gasteiger partial charge in [0.05, 0.1) is 6.61 Å². The molecule has 140 valence electrons. The van der Waals surface area contributed by atoms with Gasteiger partial charge in [-0.2, -0.15) is 0 Å². The Bertz CT molecular complexity index is 547. The summed E-state index contributed by atoms with van der Waals surface area (Å²) >= 11 is 0. The van der Waals surface area contributed by atoms with Crippen LogP contribution in [0, 0.1) is 0 Å². The van der Waals surface area contributed by atoms with Gasteiger partial charge in [0.1, 0.15) is 0 Å². The van der Waals surface area contributed by atoms with Crippen molar-refractivity contribution in [3.63, 3.8) is 0 Å². The van der Waals surface area contributed by atoms with E-state index in [0.717, 1.165) is 57.9 Å². The Kier molecular flexibility index (Phi) is 7.88. The molecule has 25 heavy (non-hydrogen) atoms. The van der Waals surface area contributed by atoms with Crippen LogP contribution < -0.4 is 0 Å². The summed E-state index contributed by atoms with van der Waals surface area (Å²) in [5.74, 6) is 0.0639. The molecule has 0 unspecified atom stereocenters. The van der Waals surface area contributed by atoms with Crippen LogP contribution in [-0.4, -0.2) is 80.1 Å². The second-order valence-corrected chi connectivity index (χ2v) is 6.93. The van der Waals surface area contributed by atoms with Crippen LogP contribution in [0.4, 0.5) is 0 Å². The Balaban J connectivity index is 1.93. The van der Waals surface area contributed by atoms with Gasteiger partial charge >= 0.3 is 0 Å². The fourth-order valence-corrected chi connectivity index (χ4v) is 3.43. The SMILES string of the molecule is CCOCCN1CCN(Cc2cccc(C(=O)N(C)C)c2)C[C@H]1CC. The predicted octanol–water partition coefficient (Wildman–Crippen LogP) is 2.32. The van der Waals surface area contributed by atoms with Gasteiger partial charge in [-0.3, -0.25) is 14.6 Å². The molecule has 1 atom stereocenters. The van der Waals surface area contributed by atoms with Gasteiger partial charge < -0.3 is 9.64 Å². The highest BCUT2D eigenvalue weighted by Gasteiger charge is 2.25. The van der Waals surface area contributed by atoms with E-state index in [9.17, 15) is 4.79 Å². The van der Waals surface area contributed by atoms with Crippen molar-refractivity contribution in [3.05, 3.63) is 35.4 Å². The van der Waals surface area contributed by atoms with E-state index in [1.54, 1.807) is 19.0 Å². The summed E-state index contributed by atoms with van der Waals surface area (Å²) in [7, 11) is 3.59. The molecule has 0 saturated carbocycles. The zero-order valence-corrected chi connectivity index (χ0v) is 16.2. The number of benzene rings is 1. The first-order chi connectivity index (χ1) is 12.0. The zero-order chi connectivity index (χ0) is 18.2. The third-order valence-corrected chi connectivity index (χ3v) is 4.87. The molecular weight excluding hydrogens is 314 g/mol. The first-order valence-electron chi connectivity index (χ1n) is 9.39. The van der Waals surface area contributed by atoms with Crippen molar-refractivity contribution in [3.8, 4) is 0 Å². The molecule has 2 rings (SSSR count). The van der Waals surface area contributed by atoms with Gasteiger partial charge in [0.25, 0.3) is 5.91 Å². The number of rotatable bonds is 8. The van der Waals surface area contributed by atoms with Crippen LogP contribution >= 0.6 is 0 Å². The van der Waals surface area contributed by atoms with Crippen molar-refractivity contribution in [1.29, 1.82) is 0 Å². The maximum Gasteiger partial charge on any atom is 0.253 e. The van der Waals surface area contributed by atoms with Gasteiger partial charge in [0.15, 0.2) is 0 Å². The average Bonchev–Trinajstić information content (AvgIpc) is 2.62. The van der Waals surface area contributed by atoms with E-state index in [-0.39, 0.29) is 5.91 Å². The average molecular weight is 348 g/mol. The summed E-state index contributed by atoms with van der Waals surface area (Å²) in [4.78, 5) is 18.8. The van der Waals surface area contributed by atoms with Gasteiger partial charge in [0.2, 0.25) is 0 Å². The minimum absolute atomic E-state index is 0.0639. The predicted molar refractivity (Wildman–Crippen MR) is 102 cm³/mol. The van der Waals surface area contributed by atoms with Gasteiger partial charge in [-0.05, 0) is 31.0 Å². The number of nitrogens with zero attached hydrogens (tertiary/aromatic N) is 3. The van der Waals surface area contributed by atoms with Gasteiger partial charge in [-0.1, -0.05) is 19.1 Å². The monoisotopic (exact) mass is 347 g/mol. The summed E-state index contributed by atoms with van der Waals surface area (Å²) in [6.07, 6.45) is 1.15. The number of ether oxygens (including phenoxy) is 1. The Morgan fingerprint density at radius 3 is 2.76 bits per heavy atom. The lowest BCUT2D eigenvalue weighted by Crippen LogP contribution is -2.53. The molecular formula is C20H33N3O2. The van der Waals surface area contributed by atoms with Crippen LogP contribution in [0.5, 0.6) is 0 Å². The number of carbonyl (C=O) groups excluding carboxylic acids is 1. The van der Waals surface area contributed by atoms with Crippen LogP contribution in [0.15, 0.2) is 24.3 Å². The lowest BCUT2D eigenvalue weighted by Gasteiger charge is -2.41. The first-order valence-corrected chi connectivity index (χ1v) is 9.39. The Hall–Kier alpha value is -1.43. The van der Waals surface area contributed by atoms with Crippen molar-refractivity contribution in [1.82, 2.24) is 14.7 Å². The third-order valence-electron chi connectivity index (χ3n) is 4.87. The minimum Gasteiger partial charge on any atom is -0.380 e. The van der Waals surface area contributed by atoms with Crippen molar-refractivity contribution < 1.29 is 9.53 Å². The molecule has 0 bridgehead atoms. The Labute approximate surface area is 152 Å². The molecule has 1 aromatic rings. The molecule has 1 aromatic carbocycles. The Morgan fingerprint density at radius 2 is 2.08 bits per heavy atom. The minimum atomic E-state index is 0.0639. The summed E-state index contributed by atoms with van der Waals surface area (Å²) in [5, 5.41) is 0. The smallest absolute Gasteiger partial charge is 0.253 e. The second kappa shape index (κ2) is 9.90. The number of hydrogen-bond acceptors (Lipinski definition) is 4. The molecule has 1 aliphatic rings. The molecule has 0 aromatic heterocycles. The van der Waals surface area contributed by atoms with E-state index in [1.165, 1.54) is 5.56 Å². The molecule has 0 spiro atoms. The fraction of sp³-hybridized carbons (Fsp3) is 0.650. The number of carbonyl (C=O) groups is 1. The Morgan fingerprint density at radius 1 is 1.28 bits per heavy atom. The normalized spacial score (nSPS) is 19.1. The second-order valence-electron chi connectivity index (χ2n) is 6.93. The lowest BCUT2D eigenvalue weighted by molar-refractivity contribution is 0.0385. The fourth-order valence-electron chi connectivity index (χ4n) is 3.43. The van der Waals surface area contributed by atoms with E-state index >= 15 is 0 Å². The van der Waals surface area contributed by atoms with Crippen LogP contribution in [0.25, 0.3) is 0 Å². The van der Waals surface area contributed by atoms with Gasteiger partial charge in [-0.25, -0.2) is 0 Å². The van der Waals surface area contributed by atoms with E-state index in [2.05, 4.69) is 22.8 Å². The topological polar surface area (TPSA) is 36.0 Å². The molecule has 5 heteroatoms. The summed E-state index contributed by atoms with van der Waals surface area (Å²) in [5.41, 5.74) is 1.98. The summed E-state index contributed by atoms with van der Waals surface area (Å²) < 4.78 is 5.52. The molecule has 1 heterocycles. The lowest BCUT2D eigenvalue weighted by atomic mass is 10.1. The summed E-state index contributed by atoms with van der Waals surface area (Å²) in [6, 6.07) is 8.62. The van der Waals surface area contributed by atoms with Crippen molar-refractivity contribution in [2.24, 2.45) is 0 Å². The zero-order valence-electron chi connectivity index (χ0n) is 16.2. The molecule has 5 nitrogen and oxygen atoms in total. The van der Waals surface area contributed by atoms with Crippen LogP contribution in [-0.2, 0) is 11.3 Å². The molecule has 0 aliphatic carbocycles. The van der Waals surface area contributed by atoms with Gasteiger partial charge in [0, 0.05) is 65.0 Å². The number of hydrogen-bond donors (Lipinski definition) is 0. The van der Waals surface area contributed by atoms with Crippen LogP contribution in [0.3, 0.4) is 0 Å². The highest BCUT2D eigenvalue weighted by molar-refractivity contribution is 5.94. The quantitative estimate of drug-likeness (QED) is 0.676. The van der Waals surface area contributed by atoms with E-state index in [4.69, 9.17) is 4.74 Å². The highest BCUT2D eigenvalue weighted by Crippen LogP contribution is 2.16. The van der Waals surface area contributed by atoms with Crippen molar-refractivity contribution in [2.75, 3.05) is 53.5 Å². The molecule has 0 radical (unpaired) electrons. The van der Waals surface area contributed by atoms with E-state index in [0.29, 0.717) is 6.04 Å². The third kappa shape index (κ3) is 5.80. The largest absolute Gasteiger partial charge is 0.380 e. The summed E-state index contributed by atoms with van der Waals surface area (Å²) in [6.45, 7) is 11.1. The highest BCUT2D eigenvalue weighted by atomic mass is 16.5. The number of amides is 1. The van der Waals surface area contributed by atoms with E-state index < -0.39 is 0 Å². The van der Waals surface area contributed by atoms with Crippen molar-refractivity contribution in [2.45, 2.75) is 32.9 Å². The molecule has 1 amide bonds. The first kappa shape index (κ1) is 19.9. The maximum absolute atomic E-state index is 12.1. The van der Waals surface area contributed by atoms with Gasteiger partial charge in [-0.15, -0.1) is 0 Å². The number of piperazine rings is 1. The van der Waals surface area contributed by atoms with Crippen LogP contribution in [0.2, 0.25) is 0 Å². The van der Waals surface area contributed by atoms with Crippen molar-refractivity contribution >= 4 is 5.91 Å². The van der Waals surface area contributed by atoms with Crippen LogP contribution in [0.1, 0.15) is 36.2 Å². The molecule has 1 aliphatic heterocycles. The molecule has 1 fully saturated rings.